The summed E-state index contributed by atoms with van der Waals surface area (Å²) in [5.74, 6) is -0.699. The monoisotopic (exact) mass is 369 g/mol. The van der Waals surface area contributed by atoms with E-state index in [1.54, 1.807) is 12.1 Å². The van der Waals surface area contributed by atoms with Crippen molar-refractivity contribution in [3.8, 4) is 11.4 Å². The molecular formula is C18H12FN3O5. The fourth-order valence-electron chi connectivity index (χ4n) is 2.27. The zero-order chi connectivity index (χ0) is 19.4. The number of carbonyl (C=O) groups is 1. The number of hydrogen-bond donors (Lipinski definition) is 1. The number of anilines is 1. The minimum absolute atomic E-state index is 0.0611. The van der Waals surface area contributed by atoms with Crippen LogP contribution in [0.1, 0.15) is 0 Å². The number of halogens is 1. The number of nitrogens with one attached hydrogen (secondary N) is 1. The van der Waals surface area contributed by atoms with Crippen molar-refractivity contribution in [1.29, 1.82) is 0 Å². The highest BCUT2D eigenvalue weighted by Crippen LogP contribution is 2.20. The zero-order valence-corrected chi connectivity index (χ0v) is 13.7. The van der Waals surface area contributed by atoms with Crippen molar-refractivity contribution in [2.45, 2.75) is 0 Å². The van der Waals surface area contributed by atoms with Crippen LogP contribution in [0.3, 0.4) is 0 Å². The van der Waals surface area contributed by atoms with Gasteiger partial charge in [-0.25, -0.2) is 9.18 Å². The minimum atomic E-state index is -0.965. The van der Waals surface area contributed by atoms with Gasteiger partial charge >= 0.3 is 6.09 Å². The van der Waals surface area contributed by atoms with Gasteiger partial charge < -0.3 is 4.74 Å². The zero-order valence-electron chi connectivity index (χ0n) is 13.7. The van der Waals surface area contributed by atoms with E-state index in [9.17, 15) is 24.1 Å². The first-order valence-electron chi connectivity index (χ1n) is 7.65. The molecule has 0 saturated carbocycles. The van der Waals surface area contributed by atoms with E-state index in [2.05, 4.69) is 5.32 Å². The van der Waals surface area contributed by atoms with E-state index in [4.69, 9.17) is 4.74 Å². The lowest BCUT2D eigenvalue weighted by Gasteiger charge is -2.10. The smallest absolute Gasteiger partial charge is 0.410 e. The Labute approximate surface area is 151 Å². The molecule has 0 saturated heterocycles. The molecule has 9 heteroatoms. The standard InChI is InChI=1S/C18H12FN3O5/c19-15-11-13(21-10-2-1-3-17(21)23)6-9-16(15)20-18(24)27-14-7-4-12(5-8-14)22(25)26/h1-11H,(H,20,24). The van der Waals surface area contributed by atoms with E-state index in [1.807, 2.05) is 0 Å². The number of nitro groups is 1. The lowest BCUT2D eigenvalue weighted by molar-refractivity contribution is -0.384. The van der Waals surface area contributed by atoms with Crippen LogP contribution >= 0.6 is 0 Å². The number of pyridine rings is 1. The molecule has 0 fully saturated rings. The van der Waals surface area contributed by atoms with Crippen LogP contribution in [-0.4, -0.2) is 15.6 Å². The number of rotatable bonds is 4. The molecule has 0 aliphatic heterocycles. The fraction of sp³-hybridized carbons (Fsp3) is 0. The maximum atomic E-state index is 14.2. The Bertz CT molecular complexity index is 1060. The molecule has 1 amide bonds. The van der Waals surface area contributed by atoms with E-state index in [1.165, 1.54) is 53.2 Å². The lowest BCUT2D eigenvalue weighted by Crippen LogP contribution is -2.18. The predicted octanol–water partition coefficient (Wildman–Crippen LogP) is 3.50. The number of amides is 1. The summed E-state index contributed by atoms with van der Waals surface area (Å²) in [6, 6.07) is 13.2. The Balaban J connectivity index is 1.72. The summed E-state index contributed by atoms with van der Waals surface area (Å²) in [6.07, 6.45) is 0.528. The second-order valence-electron chi connectivity index (χ2n) is 5.34. The van der Waals surface area contributed by atoms with E-state index >= 15 is 0 Å². The highest BCUT2D eigenvalue weighted by molar-refractivity contribution is 5.86. The van der Waals surface area contributed by atoms with Gasteiger partial charge in [0.2, 0.25) is 0 Å². The summed E-state index contributed by atoms with van der Waals surface area (Å²) < 4.78 is 20.4. The first-order valence-corrected chi connectivity index (χ1v) is 7.65. The topological polar surface area (TPSA) is 103 Å². The molecule has 0 spiro atoms. The third kappa shape index (κ3) is 4.15. The predicted molar refractivity (Wildman–Crippen MR) is 94.7 cm³/mol. The molecule has 0 atom stereocenters. The van der Waals surface area contributed by atoms with Crippen molar-refractivity contribution in [1.82, 2.24) is 4.57 Å². The first-order chi connectivity index (χ1) is 12.9. The van der Waals surface area contributed by atoms with Crippen molar-refractivity contribution in [3.63, 3.8) is 0 Å². The molecule has 3 rings (SSSR count). The Kier molecular flexibility index (Phi) is 4.93. The van der Waals surface area contributed by atoms with Gasteiger partial charge in [0.25, 0.3) is 11.2 Å². The van der Waals surface area contributed by atoms with E-state index in [0.717, 1.165) is 6.07 Å². The summed E-state index contributed by atoms with van der Waals surface area (Å²) in [5, 5.41) is 12.8. The number of aromatic nitrogens is 1. The molecule has 1 aromatic heterocycles. The van der Waals surface area contributed by atoms with Crippen LogP contribution in [0.2, 0.25) is 0 Å². The van der Waals surface area contributed by atoms with Crippen LogP contribution in [0.5, 0.6) is 5.75 Å². The maximum Gasteiger partial charge on any atom is 0.417 e. The average Bonchev–Trinajstić information content (AvgIpc) is 2.64. The molecule has 2 aromatic carbocycles. The van der Waals surface area contributed by atoms with Crippen molar-refractivity contribution < 1.29 is 18.8 Å². The Hall–Kier alpha value is -4.01. The Morgan fingerprint density at radius 1 is 1.11 bits per heavy atom. The molecule has 136 valence electrons. The molecule has 0 bridgehead atoms. The van der Waals surface area contributed by atoms with E-state index < -0.39 is 16.8 Å². The molecule has 0 aliphatic carbocycles. The van der Waals surface area contributed by atoms with Crippen LogP contribution < -0.4 is 15.6 Å². The van der Waals surface area contributed by atoms with Gasteiger partial charge in [0.15, 0.2) is 0 Å². The summed E-state index contributed by atoms with van der Waals surface area (Å²) in [4.78, 5) is 33.6. The number of nitrogens with zero attached hydrogens (tertiary/aromatic N) is 2. The molecule has 3 aromatic rings. The highest BCUT2D eigenvalue weighted by atomic mass is 19.1. The van der Waals surface area contributed by atoms with Crippen LogP contribution in [0.4, 0.5) is 20.6 Å². The molecular weight excluding hydrogens is 357 g/mol. The van der Waals surface area contributed by atoms with Gasteiger partial charge in [0.05, 0.1) is 16.3 Å². The largest absolute Gasteiger partial charge is 0.417 e. The quantitative estimate of drug-likeness (QED) is 0.560. The van der Waals surface area contributed by atoms with Crippen molar-refractivity contribution in [2.75, 3.05) is 5.32 Å². The molecule has 0 aliphatic rings. The molecule has 0 unspecified atom stereocenters. The molecule has 27 heavy (non-hydrogen) atoms. The van der Waals surface area contributed by atoms with Gasteiger partial charge in [-0.3, -0.25) is 24.8 Å². The summed E-state index contributed by atoms with van der Waals surface area (Å²) in [5.41, 5.74) is -0.322. The van der Waals surface area contributed by atoms with E-state index in [-0.39, 0.29) is 22.7 Å². The lowest BCUT2D eigenvalue weighted by atomic mass is 10.2. The summed E-state index contributed by atoms with van der Waals surface area (Å²) in [6.45, 7) is 0. The minimum Gasteiger partial charge on any atom is -0.410 e. The van der Waals surface area contributed by atoms with E-state index in [0.29, 0.717) is 5.69 Å². The second kappa shape index (κ2) is 7.48. The van der Waals surface area contributed by atoms with Crippen LogP contribution in [0, 0.1) is 15.9 Å². The highest BCUT2D eigenvalue weighted by Gasteiger charge is 2.12. The Morgan fingerprint density at radius 2 is 1.85 bits per heavy atom. The number of benzene rings is 2. The number of nitro benzene ring substituents is 1. The molecule has 8 nitrogen and oxygen atoms in total. The SMILES string of the molecule is O=C(Nc1ccc(-n2ccccc2=O)cc1F)Oc1ccc([N+](=O)[O-])cc1. The van der Waals surface area contributed by atoms with Crippen LogP contribution in [0.25, 0.3) is 5.69 Å². The first kappa shape index (κ1) is 17.8. The summed E-state index contributed by atoms with van der Waals surface area (Å²) in [7, 11) is 0. The summed E-state index contributed by atoms with van der Waals surface area (Å²) >= 11 is 0. The van der Waals surface area contributed by atoms with Gasteiger partial charge in [0.1, 0.15) is 11.6 Å². The van der Waals surface area contributed by atoms with Crippen molar-refractivity contribution in [3.05, 3.63) is 93.1 Å². The third-order valence-electron chi connectivity index (χ3n) is 3.55. The third-order valence-corrected chi connectivity index (χ3v) is 3.55. The average molecular weight is 369 g/mol. The number of carbonyl (C=O) groups excluding carboxylic acids is 1. The number of non-ortho nitro benzene ring substituents is 1. The van der Waals surface area contributed by atoms with Crippen molar-refractivity contribution >= 4 is 17.5 Å². The molecule has 1 N–H and O–H groups in total. The van der Waals surface area contributed by atoms with Crippen LogP contribution in [-0.2, 0) is 0 Å². The fourth-order valence-corrected chi connectivity index (χ4v) is 2.27. The maximum absolute atomic E-state index is 14.2. The van der Waals surface area contributed by atoms with Crippen molar-refractivity contribution in [2.24, 2.45) is 0 Å². The van der Waals surface area contributed by atoms with Gasteiger partial charge in [-0.15, -0.1) is 0 Å². The van der Waals surface area contributed by atoms with Gasteiger partial charge in [-0.05, 0) is 30.3 Å². The Morgan fingerprint density at radius 3 is 2.48 bits per heavy atom. The van der Waals surface area contributed by atoms with Crippen LogP contribution in [0.15, 0.2) is 71.7 Å². The number of hydrogen-bond acceptors (Lipinski definition) is 5. The molecule has 1 heterocycles. The molecule has 0 radical (unpaired) electrons. The normalized spacial score (nSPS) is 10.3. The van der Waals surface area contributed by atoms with Gasteiger partial charge in [-0.1, -0.05) is 6.07 Å². The van der Waals surface area contributed by atoms with Gasteiger partial charge in [0, 0.05) is 30.5 Å². The second-order valence-corrected chi connectivity index (χ2v) is 5.34. The number of ether oxygens (including phenoxy) is 1. The van der Waals surface area contributed by atoms with Gasteiger partial charge in [-0.2, -0.15) is 0 Å².